The molecule has 0 atom stereocenters. The highest BCUT2D eigenvalue weighted by Crippen LogP contribution is 2.32. The van der Waals surface area contributed by atoms with Gasteiger partial charge in [0.2, 0.25) is 0 Å². The molecule has 0 bridgehead atoms. The Morgan fingerprint density at radius 2 is 1.35 bits per heavy atom. The van der Waals surface area contributed by atoms with Crippen molar-refractivity contribution in [1.29, 1.82) is 0 Å². The smallest absolute Gasteiger partial charge is 0.138 e. The van der Waals surface area contributed by atoms with Gasteiger partial charge in [0.1, 0.15) is 5.82 Å². The van der Waals surface area contributed by atoms with Gasteiger partial charge >= 0.3 is 0 Å². The molecule has 3 aromatic heterocycles. The minimum Gasteiger partial charge on any atom is -0.337 e. The zero-order chi connectivity index (χ0) is 15.2. The summed E-state index contributed by atoms with van der Waals surface area (Å²) in [6, 6.07) is 18.1. The minimum absolute atomic E-state index is 0.863. The molecule has 0 aliphatic rings. The quantitative estimate of drug-likeness (QED) is 0.468. The Morgan fingerprint density at radius 1 is 0.652 bits per heavy atom. The molecule has 23 heavy (non-hydrogen) atoms. The van der Waals surface area contributed by atoms with Gasteiger partial charge in [-0.15, -0.1) is 0 Å². The van der Waals surface area contributed by atoms with E-state index >= 15 is 0 Å². The number of fused-ring (bicyclic) bond motifs is 6. The van der Waals surface area contributed by atoms with Crippen molar-refractivity contribution < 1.29 is 0 Å². The third kappa shape index (κ3) is 1.75. The van der Waals surface area contributed by atoms with Gasteiger partial charge in [-0.1, -0.05) is 30.3 Å². The molecule has 0 aliphatic heterocycles. The summed E-state index contributed by atoms with van der Waals surface area (Å²) in [5.74, 6) is 0.863. The van der Waals surface area contributed by atoms with E-state index < -0.39 is 0 Å². The van der Waals surface area contributed by atoms with Gasteiger partial charge in [-0.05, 0) is 24.3 Å². The third-order valence-corrected chi connectivity index (χ3v) is 4.12. The number of rotatable bonds is 1. The Morgan fingerprint density at radius 3 is 2.13 bits per heavy atom. The summed E-state index contributed by atoms with van der Waals surface area (Å²) in [5, 5.41) is 2.07. The van der Waals surface area contributed by atoms with E-state index in [1.807, 2.05) is 30.3 Å². The third-order valence-electron chi connectivity index (χ3n) is 4.12. The highest BCUT2D eigenvalue weighted by molar-refractivity contribution is 6.20. The molecule has 0 fully saturated rings. The number of nitrogens with zero attached hydrogens (tertiary/aromatic N) is 3. The first-order chi connectivity index (χ1) is 11.4. The van der Waals surface area contributed by atoms with E-state index in [4.69, 9.17) is 4.98 Å². The maximum absolute atomic E-state index is 4.84. The van der Waals surface area contributed by atoms with Crippen molar-refractivity contribution in [2.45, 2.75) is 0 Å². The summed E-state index contributed by atoms with van der Waals surface area (Å²) in [6.07, 6.45) is 3.60. The van der Waals surface area contributed by atoms with Crippen molar-refractivity contribution in [2.24, 2.45) is 0 Å². The Balaban J connectivity index is 1.99. The van der Waals surface area contributed by atoms with Crippen molar-refractivity contribution >= 4 is 32.8 Å². The molecule has 0 amide bonds. The zero-order valence-corrected chi connectivity index (χ0v) is 12.2. The lowest BCUT2D eigenvalue weighted by Gasteiger charge is -2.03. The normalized spacial score (nSPS) is 11.5. The molecule has 0 aliphatic carbocycles. The van der Waals surface area contributed by atoms with E-state index in [1.165, 1.54) is 0 Å². The van der Waals surface area contributed by atoms with Crippen LogP contribution in [0.4, 0.5) is 0 Å². The van der Waals surface area contributed by atoms with Gasteiger partial charge in [0.05, 0.1) is 22.1 Å². The number of pyridine rings is 2. The largest absolute Gasteiger partial charge is 0.337 e. The number of imidazole rings is 1. The lowest BCUT2D eigenvalue weighted by Crippen LogP contribution is -1.86. The molecular weight excluding hydrogens is 284 g/mol. The van der Waals surface area contributed by atoms with Crippen LogP contribution in [0.1, 0.15) is 0 Å². The van der Waals surface area contributed by atoms with Crippen LogP contribution in [-0.4, -0.2) is 19.9 Å². The van der Waals surface area contributed by atoms with E-state index in [9.17, 15) is 0 Å². The first kappa shape index (κ1) is 12.3. The van der Waals surface area contributed by atoms with Crippen LogP contribution in [0.5, 0.6) is 0 Å². The van der Waals surface area contributed by atoms with Crippen molar-refractivity contribution in [2.75, 3.05) is 0 Å². The van der Waals surface area contributed by atoms with Crippen LogP contribution in [0, 0.1) is 0 Å². The van der Waals surface area contributed by atoms with E-state index in [-0.39, 0.29) is 0 Å². The first-order valence-electron chi connectivity index (χ1n) is 7.48. The molecule has 108 valence electrons. The molecule has 5 rings (SSSR count). The topological polar surface area (TPSA) is 54.5 Å². The Kier molecular flexibility index (Phi) is 2.46. The molecule has 5 aromatic rings. The molecule has 1 N–H and O–H groups in total. The molecule has 2 aromatic carbocycles. The van der Waals surface area contributed by atoms with Crippen molar-refractivity contribution in [3.63, 3.8) is 0 Å². The zero-order valence-electron chi connectivity index (χ0n) is 12.2. The fourth-order valence-electron chi connectivity index (χ4n) is 3.08. The fraction of sp³-hybridized carbons (Fsp3) is 0. The average Bonchev–Trinajstić information content (AvgIpc) is 3.09. The van der Waals surface area contributed by atoms with Gasteiger partial charge in [0.15, 0.2) is 0 Å². The van der Waals surface area contributed by atoms with Crippen LogP contribution in [0.25, 0.3) is 44.2 Å². The summed E-state index contributed by atoms with van der Waals surface area (Å²) in [5.41, 5.74) is 4.80. The van der Waals surface area contributed by atoms with Crippen LogP contribution in [0.2, 0.25) is 0 Å². The van der Waals surface area contributed by atoms with E-state index in [0.29, 0.717) is 0 Å². The number of hydrogen-bond donors (Lipinski definition) is 1. The van der Waals surface area contributed by atoms with E-state index in [2.05, 4.69) is 39.2 Å². The maximum atomic E-state index is 4.84. The highest BCUT2D eigenvalue weighted by Gasteiger charge is 2.14. The van der Waals surface area contributed by atoms with Gasteiger partial charge in [-0.25, -0.2) is 4.98 Å². The molecule has 0 saturated carbocycles. The van der Waals surface area contributed by atoms with Crippen LogP contribution in [-0.2, 0) is 0 Å². The van der Waals surface area contributed by atoms with Gasteiger partial charge in [0, 0.05) is 28.7 Å². The lowest BCUT2D eigenvalue weighted by molar-refractivity contribution is 1.34. The molecular formula is C19H12N4. The predicted octanol–water partition coefficient (Wildman–Crippen LogP) is 4.33. The lowest BCUT2D eigenvalue weighted by atomic mass is 10.1. The van der Waals surface area contributed by atoms with Crippen LogP contribution in [0.15, 0.2) is 67.0 Å². The number of aromatic nitrogens is 4. The number of H-pyrrole nitrogens is 1. The maximum Gasteiger partial charge on any atom is 0.138 e. The van der Waals surface area contributed by atoms with Crippen LogP contribution >= 0.6 is 0 Å². The Labute approximate surface area is 131 Å². The summed E-state index contributed by atoms with van der Waals surface area (Å²) in [6.45, 7) is 0. The summed E-state index contributed by atoms with van der Waals surface area (Å²) < 4.78 is 0. The number of nitrogens with one attached hydrogen (secondary N) is 1. The summed E-state index contributed by atoms with van der Waals surface area (Å²) in [4.78, 5) is 17.4. The molecule has 4 nitrogen and oxygen atoms in total. The fourth-order valence-corrected chi connectivity index (χ4v) is 3.08. The average molecular weight is 296 g/mol. The predicted molar refractivity (Wildman–Crippen MR) is 92.1 cm³/mol. The SMILES string of the molecule is c1ccc(-c2nc3c4cccnc4c4ncccc4c3[nH]2)cc1. The number of aromatic amines is 1. The second-order valence-corrected chi connectivity index (χ2v) is 5.47. The molecule has 0 unspecified atom stereocenters. The summed E-state index contributed by atoms with van der Waals surface area (Å²) in [7, 11) is 0. The monoisotopic (exact) mass is 296 g/mol. The molecule has 0 spiro atoms. The van der Waals surface area contributed by atoms with E-state index in [0.717, 1.165) is 44.2 Å². The molecule has 4 heteroatoms. The van der Waals surface area contributed by atoms with Crippen molar-refractivity contribution in [3.8, 4) is 11.4 Å². The Hall–Kier alpha value is -3.27. The van der Waals surface area contributed by atoms with Crippen LogP contribution < -0.4 is 0 Å². The van der Waals surface area contributed by atoms with E-state index in [1.54, 1.807) is 12.4 Å². The number of benzene rings is 2. The molecule has 0 radical (unpaired) electrons. The summed E-state index contributed by atoms with van der Waals surface area (Å²) >= 11 is 0. The second kappa shape index (κ2) is 4.61. The molecule has 0 saturated heterocycles. The molecule has 3 heterocycles. The van der Waals surface area contributed by atoms with Gasteiger partial charge in [-0.2, -0.15) is 0 Å². The van der Waals surface area contributed by atoms with Crippen molar-refractivity contribution in [1.82, 2.24) is 19.9 Å². The van der Waals surface area contributed by atoms with Gasteiger partial charge in [-0.3, -0.25) is 9.97 Å². The number of hydrogen-bond acceptors (Lipinski definition) is 3. The van der Waals surface area contributed by atoms with Crippen LogP contribution in [0.3, 0.4) is 0 Å². The van der Waals surface area contributed by atoms with Crippen molar-refractivity contribution in [3.05, 3.63) is 67.0 Å². The minimum atomic E-state index is 0.863. The highest BCUT2D eigenvalue weighted by atomic mass is 14.9. The van der Waals surface area contributed by atoms with Gasteiger partial charge in [0.25, 0.3) is 0 Å². The first-order valence-corrected chi connectivity index (χ1v) is 7.48. The second-order valence-electron chi connectivity index (χ2n) is 5.47. The Bertz CT molecular complexity index is 1090. The standard InChI is InChI=1S/C19H12N4/c1-2-6-12(7-3-1)19-22-17-13-8-4-10-20-15(13)16-14(18(17)23-19)9-5-11-21-16/h1-11H,(H,22,23). The van der Waals surface area contributed by atoms with Gasteiger partial charge < -0.3 is 4.98 Å².